The van der Waals surface area contributed by atoms with E-state index in [9.17, 15) is 4.39 Å². The van der Waals surface area contributed by atoms with E-state index in [4.69, 9.17) is 5.73 Å². The lowest BCUT2D eigenvalue weighted by Crippen LogP contribution is -2.30. The van der Waals surface area contributed by atoms with Crippen LogP contribution in [0.25, 0.3) is 0 Å². The molecule has 0 saturated heterocycles. The van der Waals surface area contributed by atoms with Crippen molar-refractivity contribution in [3.05, 3.63) is 30.1 Å². The van der Waals surface area contributed by atoms with Crippen LogP contribution in [0.15, 0.2) is 29.2 Å². The van der Waals surface area contributed by atoms with Crippen LogP contribution in [0, 0.1) is 11.2 Å². The molecular formula is C12H18FNS. The summed E-state index contributed by atoms with van der Waals surface area (Å²) in [5.41, 5.74) is 5.86. The van der Waals surface area contributed by atoms with Crippen LogP contribution in [0.3, 0.4) is 0 Å². The van der Waals surface area contributed by atoms with E-state index in [1.807, 2.05) is 6.07 Å². The van der Waals surface area contributed by atoms with Crippen LogP contribution in [-0.4, -0.2) is 11.8 Å². The normalized spacial score (nSPS) is 13.9. The third kappa shape index (κ3) is 3.84. The summed E-state index contributed by atoms with van der Waals surface area (Å²) in [6.07, 6.45) is 0. The molecule has 1 aromatic carbocycles. The van der Waals surface area contributed by atoms with Crippen molar-refractivity contribution in [1.82, 2.24) is 0 Å². The Morgan fingerprint density at radius 2 is 2.07 bits per heavy atom. The molecule has 15 heavy (non-hydrogen) atoms. The predicted octanol–water partition coefficient (Wildman–Crippen LogP) is 3.29. The van der Waals surface area contributed by atoms with E-state index in [0.29, 0.717) is 11.8 Å². The van der Waals surface area contributed by atoms with E-state index < -0.39 is 0 Å². The van der Waals surface area contributed by atoms with Gasteiger partial charge in [-0.15, -0.1) is 11.8 Å². The molecule has 1 aromatic rings. The Balaban J connectivity index is 2.76. The first-order chi connectivity index (χ1) is 6.93. The van der Waals surface area contributed by atoms with E-state index in [1.54, 1.807) is 23.9 Å². The second kappa shape index (κ2) is 4.99. The summed E-state index contributed by atoms with van der Waals surface area (Å²) in [5, 5.41) is 0.305. The SMILES string of the molecule is CC(C)(C)C(CN)Sc1cccc(F)c1. The lowest BCUT2D eigenvalue weighted by molar-refractivity contribution is 0.398. The van der Waals surface area contributed by atoms with Crippen molar-refractivity contribution in [1.29, 1.82) is 0 Å². The van der Waals surface area contributed by atoms with Crippen molar-refractivity contribution in [2.24, 2.45) is 11.1 Å². The Kier molecular flexibility index (Phi) is 4.17. The van der Waals surface area contributed by atoms with Gasteiger partial charge in [0.2, 0.25) is 0 Å². The zero-order valence-electron chi connectivity index (χ0n) is 9.46. The Morgan fingerprint density at radius 3 is 2.53 bits per heavy atom. The van der Waals surface area contributed by atoms with E-state index >= 15 is 0 Å². The summed E-state index contributed by atoms with van der Waals surface area (Å²) in [5.74, 6) is -0.190. The molecular weight excluding hydrogens is 209 g/mol. The molecule has 0 bridgehead atoms. The molecule has 1 unspecified atom stereocenters. The van der Waals surface area contributed by atoms with Crippen LogP contribution in [0.5, 0.6) is 0 Å². The van der Waals surface area contributed by atoms with Gasteiger partial charge in [0.25, 0.3) is 0 Å². The molecule has 1 atom stereocenters. The predicted molar refractivity (Wildman–Crippen MR) is 64.6 cm³/mol. The second-order valence-electron chi connectivity index (χ2n) is 4.67. The molecule has 0 fully saturated rings. The Hall–Kier alpha value is -0.540. The average molecular weight is 227 g/mol. The van der Waals surface area contributed by atoms with Gasteiger partial charge in [0.1, 0.15) is 5.82 Å². The number of benzene rings is 1. The average Bonchev–Trinajstić information content (AvgIpc) is 2.12. The van der Waals surface area contributed by atoms with Gasteiger partial charge in [-0.2, -0.15) is 0 Å². The van der Waals surface area contributed by atoms with Crippen LogP contribution >= 0.6 is 11.8 Å². The highest BCUT2D eigenvalue weighted by atomic mass is 32.2. The molecule has 0 amide bonds. The number of hydrogen-bond acceptors (Lipinski definition) is 2. The summed E-state index contributed by atoms with van der Waals surface area (Å²) in [6, 6.07) is 6.66. The van der Waals surface area contributed by atoms with Crippen molar-refractivity contribution in [2.45, 2.75) is 30.9 Å². The molecule has 0 aliphatic heterocycles. The van der Waals surface area contributed by atoms with E-state index in [-0.39, 0.29) is 11.2 Å². The first-order valence-electron chi connectivity index (χ1n) is 5.06. The molecule has 1 rings (SSSR count). The third-order valence-electron chi connectivity index (χ3n) is 2.25. The minimum absolute atomic E-state index is 0.131. The molecule has 0 aromatic heterocycles. The number of hydrogen-bond donors (Lipinski definition) is 1. The van der Waals surface area contributed by atoms with Crippen LogP contribution in [-0.2, 0) is 0 Å². The van der Waals surface area contributed by atoms with Gasteiger partial charge >= 0.3 is 0 Å². The van der Waals surface area contributed by atoms with Gasteiger partial charge in [-0.25, -0.2) is 4.39 Å². The molecule has 0 radical (unpaired) electrons. The fourth-order valence-electron chi connectivity index (χ4n) is 1.28. The number of thioether (sulfide) groups is 1. The number of nitrogens with two attached hydrogens (primary N) is 1. The maximum atomic E-state index is 13.0. The van der Waals surface area contributed by atoms with Crippen molar-refractivity contribution >= 4 is 11.8 Å². The lowest BCUT2D eigenvalue weighted by atomic mass is 9.92. The van der Waals surface area contributed by atoms with Crippen LogP contribution in [0.1, 0.15) is 20.8 Å². The lowest BCUT2D eigenvalue weighted by Gasteiger charge is -2.28. The number of rotatable bonds is 3. The topological polar surface area (TPSA) is 26.0 Å². The Morgan fingerprint density at radius 1 is 1.40 bits per heavy atom. The second-order valence-corrected chi connectivity index (χ2v) is 5.94. The first kappa shape index (κ1) is 12.5. The molecule has 0 saturated carbocycles. The largest absolute Gasteiger partial charge is 0.329 e. The van der Waals surface area contributed by atoms with Gasteiger partial charge in [0.05, 0.1) is 0 Å². The molecule has 0 heterocycles. The zero-order valence-corrected chi connectivity index (χ0v) is 10.3. The maximum Gasteiger partial charge on any atom is 0.124 e. The van der Waals surface area contributed by atoms with Crippen molar-refractivity contribution in [3.8, 4) is 0 Å². The minimum Gasteiger partial charge on any atom is -0.329 e. The number of halogens is 1. The summed E-state index contributed by atoms with van der Waals surface area (Å²) in [4.78, 5) is 0.945. The summed E-state index contributed by atoms with van der Waals surface area (Å²) in [6.45, 7) is 7.05. The van der Waals surface area contributed by atoms with Crippen molar-refractivity contribution in [3.63, 3.8) is 0 Å². The fraction of sp³-hybridized carbons (Fsp3) is 0.500. The van der Waals surface area contributed by atoms with Gasteiger partial charge in [0, 0.05) is 16.7 Å². The molecule has 0 aliphatic carbocycles. The first-order valence-corrected chi connectivity index (χ1v) is 5.94. The summed E-state index contributed by atoms with van der Waals surface area (Å²) in [7, 11) is 0. The van der Waals surface area contributed by atoms with Gasteiger partial charge in [-0.1, -0.05) is 26.8 Å². The van der Waals surface area contributed by atoms with Gasteiger partial charge < -0.3 is 5.73 Å². The summed E-state index contributed by atoms with van der Waals surface area (Å²) < 4.78 is 13.0. The Labute approximate surface area is 95.2 Å². The molecule has 0 spiro atoms. The van der Waals surface area contributed by atoms with E-state index in [2.05, 4.69) is 20.8 Å². The van der Waals surface area contributed by atoms with E-state index in [0.717, 1.165) is 4.90 Å². The smallest absolute Gasteiger partial charge is 0.124 e. The maximum absolute atomic E-state index is 13.0. The zero-order chi connectivity index (χ0) is 11.5. The van der Waals surface area contributed by atoms with Gasteiger partial charge in [-0.3, -0.25) is 0 Å². The van der Waals surface area contributed by atoms with Crippen LogP contribution < -0.4 is 5.73 Å². The highest BCUT2D eigenvalue weighted by molar-refractivity contribution is 8.00. The molecule has 84 valence electrons. The quantitative estimate of drug-likeness (QED) is 0.802. The van der Waals surface area contributed by atoms with Gasteiger partial charge in [0.15, 0.2) is 0 Å². The van der Waals surface area contributed by atoms with Crippen LogP contribution in [0.4, 0.5) is 4.39 Å². The molecule has 0 aliphatic rings. The third-order valence-corrected chi connectivity index (χ3v) is 3.96. The monoisotopic (exact) mass is 227 g/mol. The highest BCUT2D eigenvalue weighted by Crippen LogP contribution is 2.34. The minimum atomic E-state index is -0.190. The van der Waals surface area contributed by atoms with Gasteiger partial charge in [-0.05, 0) is 23.6 Å². The Bertz CT molecular complexity index is 320. The highest BCUT2D eigenvalue weighted by Gasteiger charge is 2.24. The fourth-order valence-corrected chi connectivity index (χ4v) is 2.40. The molecule has 2 N–H and O–H groups in total. The molecule has 3 heteroatoms. The van der Waals surface area contributed by atoms with E-state index in [1.165, 1.54) is 6.07 Å². The van der Waals surface area contributed by atoms with Crippen LogP contribution in [0.2, 0.25) is 0 Å². The van der Waals surface area contributed by atoms with Crippen molar-refractivity contribution in [2.75, 3.05) is 6.54 Å². The van der Waals surface area contributed by atoms with Crippen molar-refractivity contribution < 1.29 is 4.39 Å². The molecule has 1 nitrogen and oxygen atoms in total. The summed E-state index contributed by atoms with van der Waals surface area (Å²) >= 11 is 1.64. The standard InChI is InChI=1S/C12H18FNS/c1-12(2,3)11(8-14)15-10-6-4-5-9(13)7-10/h4-7,11H,8,14H2,1-3H3.